The van der Waals surface area contributed by atoms with E-state index >= 15 is 0 Å². The molecule has 2 aromatic rings. The number of aliphatic carboxylic acids is 1. The number of rotatable bonds is 14. The minimum absolute atomic E-state index is 0.813. The maximum Gasteiger partial charge on any atom is 0.319 e. The molecule has 0 amide bonds. The first kappa shape index (κ1) is 23.7. The predicted octanol–water partition coefficient (Wildman–Crippen LogP) is 5.40. The smallest absolute Gasteiger partial charge is 0.319 e. The molecule has 0 saturated carbocycles. The molecule has 0 aromatic carbocycles. The number of carboxylic acid groups (broad SMARTS) is 1. The van der Waals surface area contributed by atoms with Gasteiger partial charge in [-0.1, -0.05) is 51.3 Å². The van der Waals surface area contributed by atoms with Crippen molar-refractivity contribution in [2.45, 2.75) is 81.7 Å². The molecule has 8 heteroatoms. The van der Waals surface area contributed by atoms with E-state index in [1.807, 2.05) is 5.38 Å². The number of thioether (sulfide) groups is 1. The molecule has 2 aromatic heterocycles. The summed E-state index contributed by atoms with van der Waals surface area (Å²) in [5.74, 6) is 0.258. The van der Waals surface area contributed by atoms with Crippen molar-refractivity contribution in [3.8, 4) is 0 Å². The summed E-state index contributed by atoms with van der Waals surface area (Å²) in [5.41, 5.74) is 2.10. The number of H-pyrrole nitrogens is 1. The monoisotopic (exact) mass is 438 g/mol. The van der Waals surface area contributed by atoms with Gasteiger partial charge in [0.15, 0.2) is 4.34 Å². The molecule has 0 radical (unpaired) electrons. The van der Waals surface area contributed by atoms with Crippen LogP contribution in [0.5, 0.6) is 0 Å². The average Bonchev–Trinajstić information content (AvgIpc) is 3.33. The highest BCUT2D eigenvalue weighted by Gasteiger charge is 2.29. The van der Waals surface area contributed by atoms with E-state index in [2.05, 4.69) is 40.0 Å². The van der Waals surface area contributed by atoms with Crippen molar-refractivity contribution in [3.63, 3.8) is 0 Å². The quantitative estimate of drug-likeness (QED) is 0.303. The lowest BCUT2D eigenvalue weighted by molar-refractivity contribution is -0.138. The van der Waals surface area contributed by atoms with Crippen LogP contribution in [0, 0.1) is 0 Å². The Bertz CT molecular complexity index is 757. The third-order valence-electron chi connectivity index (χ3n) is 4.88. The van der Waals surface area contributed by atoms with Crippen LogP contribution >= 0.6 is 23.1 Å². The number of thiazole rings is 1. The highest BCUT2D eigenvalue weighted by molar-refractivity contribution is 8.02. The van der Waals surface area contributed by atoms with Gasteiger partial charge in [0.2, 0.25) is 0 Å². The van der Waals surface area contributed by atoms with Crippen LogP contribution in [0.2, 0.25) is 0 Å². The standard InChI is InChI=1S/C21H34N4O2S2/c1-5-7-8-9-10-12-25(18-14-16(6-2)23-24-18)13-11-17-15-28-20(22-17)29-21(3,4)19(26)27/h14-15H,5-13H2,1-4H3,(H,23,24)(H,26,27). The number of carboxylic acids is 1. The van der Waals surface area contributed by atoms with E-state index in [1.165, 1.54) is 55.2 Å². The molecule has 6 nitrogen and oxygen atoms in total. The molecule has 2 rings (SSSR count). The number of hydrogen-bond donors (Lipinski definition) is 2. The molecule has 0 spiro atoms. The molecule has 0 aliphatic rings. The Morgan fingerprint density at radius 3 is 2.62 bits per heavy atom. The maximum absolute atomic E-state index is 11.3. The van der Waals surface area contributed by atoms with Crippen molar-refractivity contribution >= 4 is 34.9 Å². The Morgan fingerprint density at radius 2 is 1.97 bits per heavy atom. The number of hydrogen-bond acceptors (Lipinski definition) is 6. The number of anilines is 1. The molecule has 29 heavy (non-hydrogen) atoms. The highest BCUT2D eigenvalue weighted by Crippen LogP contribution is 2.34. The fourth-order valence-corrected chi connectivity index (χ4v) is 5.14. The van der Waals surface area contributed by atoms with Gasteiger partial charge in [-0.25, -0.2) is 4.98 Å². The molecule has 2 N–H and O–H groups in total. The lowest BCUT2D eigenvalue weighted by Crippen LogP contribution is -2.27. The molecule has 0 atom stereocenters. The minimum Gasteiger partial charge on any atom is -0.480 e. The van der Waals surface area contributed by atoms with E-state index in [4.69, 9.17) is 0 Å². The van der Waals surface area contributed by atoms with Crippen LogP contribution in [-0.2, 0) is 17.6 Å². The molecule has 0 unspecified atom stereocenters. The Balaban J connectivity index is 1.95. The van der Waals surface area contributed by atoms with Crippen molar-refractivity contribution in [1.29, 1.82) is 0 Å². The van der Waals surface area contributed by atoms with E-state index in [0.717, 1.165) is 47.5 Å². The van der Waals surface area contributed by atoms with Crippen molar-refractivity contribution in [1.82, 2.24) is 15.2 Å². The van der Waals surface area contributed by atoms with Gasteiger partial charge in [0, 0.05) is 31.0 Å². The van der Waals surface area contributed by atoms with Gasteiger partial charge >= 0.3 is 5.97 Å². The van der Waals surface area contributed by atoms with Gasteiger partial charge in [-0.15, -0.1) is 11.3 Å². The number of carbonyl (C=O) groups is 1. The summed E-state index contributed by atoms with van der Waals surface area (Å²) in [4.78, 5) is 18.4. The Labute approximate surface area is 182 Å². The largest absolute Gasteiger partial charge is 0.480 e. The lowest BCUT2D eigenvalue weighted by Gasteiger charge is -2.22. The summed E-state index contributed by atoms with van der Waals surface area (Å²) in [5, 5.41) is 18.9. The van der Waals surface area contributed by atoms with Crippen LogP contribution < -0.4 is 4.90 Å². The SMILES string of the molecule is CCCCCCCN(CCc1csc(SC(C)(C)C(=O)O)n1)c1cc(CC)n[nH]1. The van der Waals surface area contributed by atoms with Gasteiger partial charge < -0.3 is 10.0 Å². The van der Waals surface area contributed by atoms with E-state index in [1.54, 1.807) is 13.8 Å². The zero-order valence-electron chi connectivity index (χ0n) is 18.0. The van der Waals surface area contributed by atoms with Crippen LogP contribution in [0.15, 0.2) is 15.8 Å². The van der Waals surface area contributed by atoms with Crippen LogP contribution in [0.4, 0.5) is 5.82 Å². The Morgan fingerprint density at radius 1 is 1.21 bits per heavy atom. The number of aromatic nitrogens is 3. The average molecular weight is 439 g/mol. The Kier molecular flexibility index (Phi) is 9.49. The zero-order chi connectivity index (χ0) is 21.3. The first-order valence-corrected chi connectivity index (χ1v) is 12.2. The van der Waals surface area contributed by atoms with E-state index in [-0.39, 0.29) is 0 Å². The van der Waals surface area contributed by atoms with Crippen LogP contribution in [0.3, 0.4) is 0 Å². The van der Waals surface area contributed by atoms with Gasteiger partial charge in [0.1, 0.15) is 10.6 Å². The maximum atomic E-state index is 11.3. The summed E-state index contributed by atoms with van der Waals surface area (Å²) in [6.45, 7) is 9.65. The van der Waals surface area contributed by atoms with Crippen LogP contribution in [0.25, 0.3) is 0 Å². The molecular formula is C21H34N4O2S2. The summed E-state index contributed by atoms with van der Waals surface area (Å²) in [6, 6.07) is 2.14. The summed E-state index contributed by atoms with van der Waals surface area (Å²) < 4.78 is -0.0557. The van der Waals surface area contributed by atoms with Crippen LogP contribution in [0.1, 0.15) is 71.2 Å². The van der Waals surface area contributed by atoms with Gasteiger partial charge in [-0.05, 0) is 26.7 Å². The minimum atomic E-state index is -0.869. The van der Waals surface area contributed by atoms with Gasteiger partial charge in [-0.2, -0.15) is 5.10 Å². The molecule has 0 aliphatic carbocycles. The normalized spacial score (nSPS) is 11.7. The zero-order valence-corrected chi connectivity index (χ0v) is 19.7. The third-order valence-corrected chi connectivity index (χ3v) is 7.05. The van der Waals surface area contributed by atoms with Gasteiger partial charge in [-0.3, -0.25) is 9.89 Å². The van der Waals surface area contributed by atoms with Gasteiger partial charge in [0.05, 0.1) is 11.4 Å². The molecular weight excluding hydrogens is 404 g/mol. The number of aryl methyl sites for hydroxylation is 1. The predicted molar refractivity (Wildman–Crippen MR) is 122 cm³/mol. The Hall–Kier alpha value is -1.54. The molecule has 0 saturated heterocycles. The second kappa shape index (κ2) is 11.6. The van der Waals surface area contributed by atoms with Crippen LogP contribution in [-0.4, -0.2) is 44.1 Å². The molecule has 0 aliphatic heterocycles. The molecule has 2 heterocycles. The highest BCUT2D eigenvalue weighted by atomic mass is 32.2. The number of nitrogens with one attached hydrogen (secondary N) is 1. The second-order valence-corrected chi connectivity index (χ2v) is 10.5. The summed E-state index contributed by atoms with van der Waals surface area (Å²) in [7, 11) is 0. The summed E-state index contributed by atoms with van der Waals surface area (Å²) in [6.07, 6.45) is 8.03. The topological polar surface area (TPSA) is 82.1 Å². The van der Waals surface area contributed by atoms with Crippen molar-refractivity contribution < 1.29 is 9.90 Å². The van der Waals surface area contributed by atoms with Gasteiger partial charge in [0.25, 0.3) is 0 Å². The lowest BCUT2D eigenvalue weighted by atomic mass is 10.1. The van der Waals surface area contributed by atoms with E-state index in [9.17, 15) is 9.90 Å². The first-order valence-electron chi connectivity index (χ1n) is 10.5. The van der Waals surface area contributed by atoms with Crippen molar-refractivity contribution in [2.75, 3.05) is 18.0 Å². The molecule has 0 fully saturated rings. The number of unbranched alkanes of at least 4 members (excludes halogenated alkanes) is 4. The molecule has 162 valence electrons. The van der Waals surface area contributed by atoms with Crippen molar-refractivity contribution in [2.24, 2.45) is 0 Å². The van der Waals surface area contributed by atoms with Crippen molar-refractivity contribution in [3.05, 3.63) is 22.8 Å². The van der Waals surface area contributed by atoms with E-state index < -0.39 is 10.7 Å². The second-order valence-electron chi connectivity index (χ2n) is 7.77. The number of aromatic amines is 1. The summed E-state index contributed by atoms with van der Waals surface area (Å²) >= 11 is 2.84. The first-order chi connectivity index (χ1) is 13.9. The third kappa shape index (κ3) is 7.66. The number of nitrogens with zero attached hydrogens (tertiary/aromatic N) is 3. The fraction of sp³-hybridized carbons (Fsp3) is 0.667. The fourth-order valence-electron chi connectivity index (χ4n) is 2.92. The van der Waals surface area contributed by atoms with E-state index in [0.29, 0.717) is 0 Å². The molecule has 0 bridgehead atoms.